The van der Waals surface area contributed by atoms with E-state index in [1.807, 2.05) is 6.07 Å². The molecule has 3 rings (SSSR count). The number of nitrogens with one attached hydrogen (secondary N) is 1. The van der Waals surface area contributed by atoms with Gasteiger partial charge in [-0.2, -0.15) is 5.26 Å². The van der Waals surface area contributed by atoms with Gasteiger partial charge in [-0.1, -0.05) is 5.21 Å². The minimum atomic E-state index is -1.02. The number of hydrogen-bond donors (Lipinski definition) is 1. The van der Waals surface area contributed by atoms with Gasteiger partial charge in [-0.05, 0) is 48.9 Å². The molecule has 1 aromatic heterocycles. The van der Waals surface area contributed by atoms with E-state index in [0.29, 0.717) is 34.2 Å². The normalized spacial score (nSPS) is 11.4. The molecule has 0 bridgehead atoms. The Morgan fingerprint density at radius 1 is 1.13 bits per heavy atom. The fourth-order valence-electron chi connectivity index (χ4n) is 3.02. The minimum Gasteiger partial charge on any atom is -0.493 e. The van der Waals surface area contributed by atoms with E-state index in [1.165, 1.54) is 50.3 Å². The molecule has 1 unspecified atom stereocenters. The van der Waals surface area contributed by atoms with Gasteiger partial charge in [0.15, 0.2) is 17.2 Å². The van der Waals surface area contributed by atoms with Crippen LogP contribution in [-0.4, -0.2) is 42.2 Å². The largest absolute Gasteiger partial charge is 0.493 e. The Balaban J connectivity index is 1.89. The summed E-state index contributed by atoms with van der Waals surface area (Å²) in [5, 5.41) is 20.2. The van der Waals surface area contributed by atoms with Gasteiger partial charge in [-0.15, -0.1) is 5.10 Å². The van der Waals surface area contributed by atoms with Gasteiger partial charge in [0.2, 0.25) is 5.75 Å². The predicted molar refractivity (Wildman–Crippen MR) is 108 cm³/mol. The molecule has 0 aliphatic heterocycles. The van der Waals surface area contributed by atoms with Crippen molar-refractivity contribution in [2.75, 3.05) is 21.3 Å². The molecule has 1 N–H and O–H groups in total. The third-order valence-corrected chi connectivity index (χ3v) is 4.61. The number of halogens is 1. The molecule has 31 heavy (non-hydrogen) atoms. The van der Waals surface area contributed by atoms with E-state index >= 15 is 0 Å². The molecule has 10 heteroatoms. The van der Waals surface area contributed by atoms with Crippen LogP contribution in [0.25, 0.3) is 5.69 Å². The number of ether oxygens (including phenoxy) is 3. The van der Waals surface area contributed by atoms with Crippen LogP contribution in [0, 0.1) is 24.1 Å². The van der Waals surface area contributed by atoms with Crippen molar-refractivity contribution in [2.45, 2.75) is 13.0 Å². The number of nitrogens with zero attached hydrogens (tertiary/aromatic N) is 4. The molecule has 0 fully saturated rings. The lowest BCUT2D eigenvalue weighted by molar-refractivity contribution is 0.0939. The predicted octanol–water partition coefficient (Wildman–Crippen LogP) is 2.74. The van der Waals surface area contributed by atoms with Crippen LogP contribution >= 0.6 is 0 Å². The van der Waals surface area contributed by atoms with Crippen molar-refractivity contribution in [3.8, 4) is 29.0 Å². The lowest BCUT2D eigenvalue weighted by Crippen LogP contribution is -2.28. The molecular weight excluding hydrogens is 405 g/mol. The first-order valence-electron chi connectivity index (χ1n) is 9.12. The Labute approximate surface area is 178 Å². The molecule has 9 nitrogen and oxygen atoms in total. The summed E-state index contributed by atoms with van der Waals surface area (Å²) in [4.78, 5) is 12.8. The third kappa shape index (κ3) is 4.25. The van der Waals surface area contributed by atoms with Gasteiger partial charge in [-0.25, -0.2) is 9.07 Å². The standard InChI is InChI=1S/C21H20FN5O4/c1-12-19(25-26-27(12)15-7-5-14(22)6-8-15)21(28)24-16(11-23)13-9-17(29-2)20(31-4)18(10-13)30-3/h5-10,16H,1-4H3,(H,24,28). The smallest absolute Gasteiger partial charge is 0.275 e. The highest BCUT2D eigenvalue weighted by Gasteiger charge is 2.24. The van der Waals surface area contributed by atoms with Gasteiger partial charge >= 0.3 is 0 Å². The van der Waals surface area contributed by atoms with E-state index in [0.717, 1.165) is 0 Å². The maximum absolute atomic E-state index is 13.2. The molecule has 0 radical (unpaired) electrons. The number of rotatable bonds is 7. The number of benzene rings is 2. The number of methoxy groups -OCH3 is 3. The molecule has 0 saturated heterocycles. The average Bonchev–Trinajstić information content (AvgIpc) is 3.18. The lowest BCUT2D eigenvalue weighted by atomic mass is 10.1. The molecule has 1 heterocycles. The summed E-state index contributed by atoms with van der Waals surface area (Å²) in [6, 6.07) is 9.80. The quantitative estimate of drug-likeness (QED) is 0.619. The van der Waals surface area contributed by atoms with Crippen molar-refractivity contribution < 1.29 is 23.4 Å². The first-order valence-corrected chi connectivity index (χ1v) is 9.12. The van der Waals surface area contributed by atoms with Gasteiger partial charge < -0.3 is 19.5 Å². The second-order valence-electron chi connectivity index (χ2n) is 6.41. The fraction of sp³-hybridized carbons (Fsp3) is 0.238. The van der Waals surface area contributed by atoms with Crippen molar-refractivity contribution in [2.24, 2.45) is 0 Å². The van der Waals surface area contributed by atoms with Gasteiger partial charge in [0, 0.05) is 0 Å². The summed E-state index contributed by atoms with van der Waals surface area (Å²) < 4.78 is 30.5. The van der Waals surface area contributed by atoms with Crippen molar-refractivity contribution in [3.05, 3.63) is 59.2 Å². The molecule has 0 spiro atoms. The van der Waals surface area contributed by atoms with Crippen LogP contribution in [0.4, 0.5) is 4.39 Å². The molecule has 0 saturated carbocycles. The van der Waals surface area contributed by atoms with E-state index in [4.69, 9.17) is 14.2 Å². The maximum Gasteiger partial charge on any atom is 0.275 e. The van der Waals surface area contributed by atoms with Gasteiger partial charge in [-0.3, -0.25) is 4.79 Å². The van der Waals surface area contributed by atoms with E-state index in [9.17, 15) is 14.4 Å². The zero-order chi connectivity index (χ0) is 22.5. The third-order valence-electron chi connectivity index (χ3n) is 4.61. The van der Waals surface area contributed by atoms with Gasteiger partial charge in [0.25, 0.3) is 5.91 Å². The summed E-state index contributed by atoms with van der Waals surface area (Å²) in [5.41, 5.74) is 1.46. The number of carbonyl (C=O) groups excluding carboxylic acids is 1. The number of carbonyl (C=O) groups is 1. The van der Waals surface area contributed by atoms with Crippen LogP contribution in [0.5, 0.6) is 17.2 Å². The number of aromatic nitrogens is 3. The number of amides is 1. The topological polar surface area (TPSA) is 111 Å². The molecule has 0 aliphatic carbocycles. The van der Waals surface area contributed by atoms with E-state index in [2.05, 4.69) is 15.6 Å². The van der Waals surface area contributed by atoms with Crippen molar-refractivity contribution in [1.82, 2.24) is 20.3 Å². The van der Waals surface area contributed by atoms with Crippen LogP contribution in [0.15, 0.2) is 36.4 Å². The Morgan fingerprint density at radius 2 is 1.74 bits per heavy atom. The summed E-state index contributed by atoms with van der Waals surface area (Å²) in [6.45, 7) is 1.65. The summed E-state index contributed by atoms with van der Waals surface area (Å²) in [7, 11) is 4.38. The molecular formula is C21H20FN5O4. The Kier molecular flexibility index (Phi) is 6.35. The van der Waals surface area contributed by atoms with Crippen LogP contribution in [0.3, 0.4) is 0 Å². The van der Waals surface area contributed by atoms with Crippen LogP contribution in [0.2, 0.25) is 0 Å². The van der Waals surface area contributed by atoms with Crippen LogP contribution < -0.4 is 19.5 Å². The summed E-state index contributed by atoms with van der Waals surface area (Å²) in [6.07, 6.45) is 0. The summed E-state index contributed by atoms with van der Waals surface area (Å²) >= 11 is 0. The highest BCUT2D eigenvalue weighted by Crippen LogP contribution is 2.39. The van der Waals surface area contributed by atoms with Crippen LogP contribution in [0.1, 0.15) is 27.8 Å². The van der Waals surface area contributed by atoms with Crippen LogP contribution in [-0.2, 0) is 0 Å². The summed E-state index contributed by atoms with van der Waals surface area (Å²) in [5.74, 6) is 0.0947. The molecule has 1 amide bonds. The van der Waals surface area contributed by atoms with Gasteiger partial charge in [0.05, 0.1) is 38.8 Å². The highest BCUT2D eigenvalue weighted by atomic mass is 19.1. The zero-order valence-electron chi connectivity index (χ0n) is 17.3. The first-order chi connectivity index (χ1) is 14.9. The molecule has 2 aromatic carbocycles. The average molecular weight is 425 g/mol. The van der Waals surface area contributed by atoms with E-state index in [1.54, 1.807) is 19.1 Å². The number of hydrogen-bond acceptors (Lipinski definition) is 7. The fourth-order valence-corrected chi connectivity index (χ4v) is 3.02. The highest BCUT2D eigenvalue weighted by molar-refractivity contribution is 5.93. The number of nitriles is 1. The zero-order valence-corrected chi connectivity index (χ0v) is 17.3. The Bertz CT molecular complexity index is 1110. The molecule has 0 aliphatic rings. The van der Waals surface area contributed by atoms with Crippen molar-refractivity contribution in [3.63, 3.8) is 0 Å². The SMILES string of the molecule is COc1cc(C(C#N)NC(=O)c2nnn(-c3ccc(F)cc3)c2C)cc(OC)c1OC. The van der Waals surface area contributed by atoms with Crippen molar-refractivity contribution in [1.29, 1.82) is 5.26 Å². The first kappa shape index (κ1) is 21.6. The Morgan fingerprint density at radius 3 is 2.26 bits per heavy atom. The maximum atomic E-state index is 13.2. The second kappa shape index (κ2) is 9.13. The molecule has 1 atom stereocenters. The Hall–Kier alpha value is -4.13. The molecule has 3 aromatic rings. The monoisotopic (exact) mass is 425 g/mol. The van der Waals surface area contributed by atoms with Crippen molar-refractivity contribution >= 4 is 5.91 Å². The second-order valence-corrected chi connectivity index (χ2v) is 6.41. The van der Waals surface area contributed by atoms with E-state index in [-0.39, 0.29) is 11.5 Å². The minimum absolute atomic E-state index is 0.0389. The van der Waals surface area contributed by atoms with E-state index < -0.39 is 11.9 Å². The van der Waals surface area contributed by atoms with Gasteiger partial charge in [0.1, 0.15) is 11.9 Å². The molecule has 160 valence electrons. The lowest BCUT2D eigenvalue weighted by Gasteiger charge is -2.17.